The first-order valence-corrected chi connectivity index (χ1v) is 8.62. The van der Waals surface area contributed by atoms with Gasteiger partial charge in [0.15, 0.2) is 0 Å². The van der Waals surface area contributed by atoms with Gasteiger partial charge in [-0.15, -0.1) is 23.5 Å². The SMILES string of the molecule is Cc1cccc(CSCC(=O)N2CSCC2C(=O)O)c1. The highest BCUT2D eigenvalue weighted by Crippen LogP contribution is 2.23. The van der Waals surface area contributed by atoms with Crippen LogP contribution >= 0.6 is 23.5 Å². The van der Waals surface area contributed by atoms with Crippen LogP contribution in [0.3, 0.4) is 0 Å². The largest absolute Gasteiger partial charge is 0.480 e. The van der Waals surface area contributed by atoms with E-state index in [4.69, 9.17) is 5.11 Å². The van der Waals surface area contributed by atoms with E-state index in [1.165, 1.54) is 39.6 Å². The number of nitrogens with zero attached hydrogens (tertiary/aromatic N) is 1. The van der Waals surface area contributed by atoms with E-state index < -0.39 is 12.0 Å². The summed E-state index contributed by atoms with van der Waals surface area (Å²) < 4.78 is 0. The fraction of sp³-hybridized carbons (Fsp3) is 0.429. The molecule has 108 valence electrons. The predicted molar refractivity (Wildman–Crippen MR) is 82.9 cm³/mol. The maximum atomic E-state index is 12.0. The zero-order valence-electron chi connectivity index (χ0n) is 11.2. The molecule has 1 heterocycles. The number of aryl methyl sites for hydroxylation is 1. The first kappa shape index (κ1) is 15.3. The molecule has 6 heteroatoms. The summed E-state index contributed by atoms with van der Waals surface area (Å²) in [5, 5.41) is 9.05. The van der Waals surface area contributed by atoms with Crippen LogP contribution in [0.1, 0.15) is 11.1 Å². The molecule has 1 saturated heterocycles. The van der Waals surface area contributed by atoms with Crippen molar-refractivity contribution in [1.29, 1.82) is 0 Å². The van der Waals surface area contributed by atoms with Gasteiger partial charge in [-0.3, -0.25) is 4.79 Å². The minimum Gasteiger partial charge on any atom is -0.480 e. The fourth-order valence-electron chi connectivity index (χ4n) is 2.03. The average molecular weight is 311 g/mol. The van der Waals surface area contributed by atoms with E-state index in [1.807, 2.05) is 25.1 Å². The van der Waals surface area contributed by atoms with Crippen molar-refractivity contribution >= 4 is 35.4 Å². The molecular formula is C14H17NO3S2. The van der Waals surface area contributed by atoms with Crippen LogP contribution in [0.15, 0.2) is 24.3 Å². The third-order valence-corrected chi connectivity index (χ3v) is 5.07. The van der Waals surface area contributed by atoms with Crippen molar-refractivity contribution in [1.82, 2.24) is 4.90 Å². The molecule has 1 aliphatic rings. The lowest BCUT2D eigenvalue weighted by atomic mass is 10.2. The molecule has 0 saturated carbocycles. The van der Waals surface area contributed by atoms with E-state index >= 15 is 0 Å². The zero-order valence-corrected chi connectivity index (χ0v) is 12.9. The Labute approximate surface area is 126 Å². The number of aliphatic carboxylic acids is 1. The van der Waals surface area contributed by atoms with Crippen LogP contribution in [-0.4, -0.2) is 45.3 Å². The number of carbonyl (C=O) groups is 2. The molecule has 1 atom stereocenters. The highest BCUT2D eigenvalue weighted by atomic mass is 32.2. The Kier molecular flexibility index (Phi) is 5.37. The van der Waals surface area contributed by atoms with Crippen molar-refractivity contribution in [3.8, 4) is 0 Å². The molecule has 0 spiro atoms. The zero-order chi connectivity index (χ0) is 14.5. The smallest absolute Gasteiger partial charge is 0.327 e. The number of amides is 1. The molecule has 0 aromatic heterocycles. The van der Waals surface area contributed by atoms with E-state index in [2.05, 4.69) is 6.07 Å². The van der Waals surface area contributed by atoms with Crippen molar-refractivity contribution in [2.45, 2.75) is 18.7 Å². The molecular weight excluding hydrogens is 294 g/mol. The van der Waals surface area contributed by atoms with Crippen LogP contribution in [0.25, 0.3) is 0 Å². The molecule has 1 aromatic rings. The quantitative estimate of drug-likeness (QED) is 0.903. The van der Waals surface area contributed by atoms with Gasteiger partial charge in [0.2, 0.25) is 5.91 Å². The monoisotopic (exact) mass is 311 g/mol. The van der Waals surface area contributed by atoms with Crippen LogP contribution in [0, 0.1) is 6.92 Å². The number of hydrogen-bond acceptors (Lipinski definition) is 4. The second kappa shape index (κ2) is 7.04. The van der Waals surface area contributed by atoms with Gasteiger partial charge in [-0.1, -0.05) is 29.8 Å². The molecule has 0 radical (unpaired) electrons. The Morgan fingerprint density at radius 3 is 3.00 bits per heavy atom. The molecule has 0 aliphatic carbocycles. The van der Waals surface area contributed by atoms with Crippen LogP contribution in [0.2, 0.25) is 0 Å². The summed E-state index contributed by atoms with van der Waals surface area (Å²) in [5.41, 5.74) is 2.39. The number of carboxylic acid groups (broad SMARTS) is 1. The van der Waals surface area contributed by atoms with Crippen molar-refractivity contribution in [3.63, 3.8) is 0 Å². The van der Waals surface area contributed by atoms with Crippen molar-refractivity contribution in [2.24, 2.45) is 0 Å². The van der Waals surface area contributed by atoms with Crippen molar-refractivity contribution in [3.05, 3.63) is 35.4 Å². The third kappa shape index (κ3) is 3.93. The van der Waals surface area contributed by atoms with Crippen LogP contribution < -0.4 is 0 Å². The van der Waals surface area contributed by atoms with E-state index in [9.17, 15) is 9.59 Å². The van der Waals surface area contributed by atoms with Gasteiger partial charge in [-0.2, -0.15) is 0 Å². The van der Waals surface area contributed by atoms with E-state index in [0.29, 0.717) is 17.4 Å². The molecule has 2 rings (SSSR count). The van der Waals surface area contributed by atoms with E-state index in [1.54, 1.807) is 0 Å². The Bertz CT molecular complexity index is 507. The van der Waals surface area contributed by atoms with E-state index in [-0.39, 0.29) is 5.91 Å². The van der Waals surface area contributed by atoms with Gasteiger partial charge in [-0.05, 0) is 12.5 Å². The Balaban J connectivity index is 1.82. The Morgan fingerprint density at radius 1 is 1.50 bits per heavy atom. The van der Waals surface area contributed by atoms with Gasteiger partial charge < -0.3 is 10.0 Å². The summed E-state index contributed by atoms with van der Waals surface area (Å²) in [6.07, 6.45) is 0. The first-order valence-electron chi connectivity index (χ1n) is 6.31. The standard InChI is InChI=1S/C14H17NO3S2/c1-10-3-2-4-11(5-10)6-19-8-13(16)15-9-20-7-12(15)14(17)18/h2-5,12H,6-9H2,1H3,(H,17,18). The van der Waals surface area contributed by atoms with Gasteiger partial charge in [0.05, 0.1) is 11.6 Å². The molecule has 4 nitrogen and oxygen atoms in total. The van der Waals surface area contributed by atoms with Gasteiger partial charge in [0.1, 0.15) is 6.04 Å². The lowest BCUT2D eigenvalue weighted by molar-refractivity contribution is -0.146. The summed E-state index contributed by atoms with van der Waals surface area (Å²) in [5.74, 6) is 1.08. The van der Waals surface area contributed by atoms with Crippen molar-refractivity contribution in [2.75, 3.05) is 17.4 Å². The number of benzene rings is 1. The number of rotatable bonds is 5. The second-order valence-electron chi connectivity index (χ2n) is 4.70. The van der Waals surface area contributed by atoms with Gasteiger partial charge in [0.25, 0.3) is 0 Å². The van der Waals surface area contributed by atoms with E-state index in [0.717, 1.165) is 5.75 Å². The summed E-state index contributed by atoms with van der Waals surface area (Å²) in [6.45, 7) is 2.04. The molecule has 20 heavy (non-hydrogen) atoms. The molecule has 1 amide bonds. The number of hydrogen-bond donors (Lipinski definition) is 1. The molecule has 1 unspecified atom stereocenters. The molecule has 1 fully saturated rings. The fourth-order valence-corrected chi connectivity index (χ4v) is 4.06. The molecule has 0 bridgehead atoms. The van der Waals surface area contributed by atoms with Gasteiger partial charge in [-0.25, -0.2) is 4.79 Å². The topological polar surface area (TPSA) is 57.6 Å². The second-order valence-corrected chi connectivity index (χ2v) is 6.68. The maximum absolute atomic E-state index is 12.0. The molecule has 1 N–H and O–H groups in total. The number of carbonyl (C=O) groups excluding carboxylic acids is 1. The third-order valence-electron chi connectivity index (χ3n) is 3.06. The van der Waals surface area contributed by atoms with Crippen LogP contribution in [0.4, 0.5) is 0 Å². The maximum Gasteiger partial charge on any atom is 0.327 e. The predicted octanol–water partition coefficient (Wildman–Crippen LogP) is 2.21. The Hall–Kier alpha value is -1.14. The van der Waals surface area contributed by atoms with Gasteiger partial charge in [0, 0.05) is 11.5 Å². The minimum absolute atomic E-state index is 0.0833. The molecule has 1 aromatic carbocycles. The Morgan fingerprint density at radius 2 is 2.30 bits per heavy atom. The normalized spacial score (nSPS) is 18.2. The highest BCUT2D eigenvalue weighted by Gasteiger charge is 2.34. The summed E-state index contributed by atoms with van der Waals surface area (Å²) in [7, 11) is 0. The number of thioether (sulfide) groups is 2. The summed E-state index contributed by atoms with van der Waals surface area (Å²) in [4.78, 5) is 24.5. The molecule has 1 aliphatic heterocycles. The van der Waals surface area contributed by atoms with Gasteiger partial charge >= 0.3 is 5.97 Å². The lowest BCUT2D eigenvalue weighted by Gasteiger charge is -2.20. The summed E-state index contributed by atoms with van der Waals surface area (Å²) in [6, 6.07) is 7.52. The minimum atomic E-state index is -0.910. The van der Waals surface area contributed by atoms with Crippen molar-refractivity contribution < 1.29 is 14.7 Å². The lowest BCUT2D eigenvalue weighted by Crippen LogP contribution is -2.42. The number of carboxylic acids is 1. The average Bonchev–Trinajstić information content (AvgIpc) is 2.88. The van der Waals surface area contributed by atoms with Crippen LogP contribution in [-0.2, 0) is 15.3 Å². The summed E-state index contributed by atoms with van der Waals surface area (Å²) >= 11 is 3.02. The van der Waals surface area contributed by atoms with Crippen LogP contribution in [0.5, 0.6) is 0 Å². The highest BCUT2D eigenvalue weighted by molar-refractivity contribution is 7.99. The first-order chi connectivity index (χ1) is 9.58.